The van der Waals surface area contributed by atoms with Crippen molar-refractivity contribution >= 4 is 27.7 Å². The molecule has 5 heterocycles. The maximum Gasteiger partial charge on any atom is 0.338 e. The summed E-state index contributed by atoms with van der Waals surface area (Å²) in [6.45, 7) is 4.16. The predicted octanol–water partition coefficient (Wildman–Crippen LogP) is 5.14. The van der Waals surface area contributed by atoms with Crippen LogP contribution in [0.2, 0.25) is 0 Å². The lowest BCUT2D eigenvalue weighted by molar-refractivity contribution is 0.0729. The number of imidazole rings is 1. The topological polar surface area (TPSA) is 98.7 Å². The van der Waals surface area contributed by atoms with Gasteiger partial charge in [-0.3, -0.25) is 18.6 Å². The van der Waals surface area contributed by atoms with Gasteiger partial charge in [0, 0.05) is 54.3 Å². The number of nitrogens with one attached hydrogen (secondary N) is 1. The van der Waals surface area contributed by atoms with E-state index in [0.717, 1.165) is 33.1 Å². The van der Waals surface area contributed by atoms with Gasteiger partial charge in [0.1, 0.15) is 17.3 Å². The third kappa shape index (κ3) is 4.22. The average molecular weight is 601 g/mol. The average Bonchev–Trinajstić information content (AvgIpc) is 3.82. The second-order valence-corrected chi connectivity index (χ2v) is 11.6. The van der Waals surface area contributed by atoms with Crippen LogP contribution in [0.1, 0.15) is 32.9 Å². The molecular weight excluding hydrogens is 571 g/mol. The minimum Gasteiger partial charge on any atom is -0.351 e. The van der Waals surface area contributed by atoms with Crippen LogP contribution in [-0.4, -0.2) is 51.0 Å². The van der Waals surface area contributed by atoms with Gasteiger partial charge in [-0.25, -0.2) is 13.9 Å². The highest BCUT2D eigenvalue weighted by molar-refractivity contribution is 5.98. The molecule has 0 aliphatic carbocycles. The van der Waals surface area contributed by atoms with Gasteiger partial charge in [0.05, 0.1) is 35.3 Å². The summed E-state index contributed by atoms with van der Waals surface area (Å²) >= 11 is 0. The van der Waals surface area contributed by atoms with Crippen LogP contribution in [0, 0.1) is 19.7 Å². The number of aromatic amines is 1. The molecule has 11 heteroatoms. The quantitative estimate of drug-likeness (QED) is 0.303. The SMILES string of the molecule is Cc1cc(-n2nc3c(c2-n2ccn(-c4ccc5c(cnn5C)c4)c2=O)CN(C(=O)c2cc4ccccc4[nH]2)CC3)cc(C)c1F. The molecule has 0 saturated heterocycles. The Morgan fingerprint density at radius 2 is 1.71 bits per heavy atom. The van der Waals surface area contributed by atoms with Gasteiger partial charge in [0.25, 0.3) is 5.91 Å². The summed E-state index contributed by atoms with van der Waals surface area (Å²) < 4.78 is 21.3. The van der Waals surface area contributed by atoms with Crippen LogP contribution in [0.5, 0.6) is 0 Å². The third-order valence-corrected chi connectivity index (χ3v) is 8.73. The zero-order valence-electron chi connectivity index (χ0n) is 25.0. The number of aryl methyl sites for hydroxylation is 3. The van der Waals surface area contributed by atoms with Gasteiger partial charge >= 0.3 is 5.69 Å². The van der Waals surface area contributed by atoms with E-state index < -0.39 is 0 Å². The van der Waals surface area contributed by atoms with E-state index in [1.54, 1.807) is 68.0 Å². The number of hydrogen-bond donors (Lipinski definition) is 1. The largest absolute Gasteiger partial charge is 0.351 e. The van der Waals surface area contributed by atoms with Gasteiger partial charge in [0.2, 0.25) is 0 Å². The Kier molecular flexibility index (Phi) is 5.92. The molecule has 1 amide bonds. The summed E-state index contributed by atoms with van der Waals surface area (Å²) in [5.74, 6) is 0.121. The van der Waals surface area contributed by atoms with E-state index in [2.05, 4.69) is 10.1 Å². The van der Waals surface area contributed by atoms with Crippen molar-refractivity contribution < 1.29 is 9.18 Å². The van der Waals surface area contributed by atoms with Crippen LogP contribution in [-0.2, 0) is 20.0 Å². The molecule has 224 valence electrons. The van der Waals surface area contributed by atoms with E-state index in [1.807, 2.05) is 55.6 Å². The van der Waals surface area contributed by atoms with Crippen molar-refractivity contribution in [2.24, 2.45) is 7.05 Å². The fourth-order valence-electron chi connectivity index (χ4n) is 6.40. The van der Waals surface area contributed by atoms with Crippen molar-refractivity contribution in [3.05, 3.63) is 124 Å². The molecule has 10 nitrogen and oxygen atoms in total. The van der Waals surface area contributed by atoms with Gasteiger partial charge in [-0.15, -0.1) is 0 Å². The van der Waals surface area contributed by atoms with Crippen LogP contribution >= 0.6 is 0 Å². The molecule has 1 N–H and O–H groups in total. The minimum atomic E-state index is -0.295. The Balaban J connectivity index is 1.26. The van der Waals surface area contributed by atoms with Crippen LogP contribution in [0.4, 0.5) is 4.39 Å². The van der Waals surface area contributed by atoms with Crippen LogP contribution in [0.15, 0.2) is 84.0 Å². The van der Waals surface area contributed by atoms with E-state index in [4.69, 9.17) is 5.10 Å². The van der Waals surface area contributed by atoms with Crippen molar-refractivity contribution in [3.8, 4) is 17.2 Å². The lowest BCUT2D eigenvalue weighted by Crippen LogP contribution is -2.36. The van der Waals surface area contributed by atoms with E-state index >= 15 is 0 Å². The van der Waals surface area contributed by atoms with Crippen molar-refractivity contribution in [2.75, 3.05) is 6.54 Å². The number of amides is 1. The number of benzene rings is 3. The zero-order valence-corrected chi connectivity index (χ0v) is 25.0. The molecule has 3 aromatic carbocycles. The van der Waals surface area contributed by atoms with E-state index in [1.165, 1.54) is 0 Å². The normalized spacial score (nSPS) is 13.2. The summed E-state index contributed by atoms with van der Waals surface area (Å²) in [6, 6.07) is 18.9. The Labute approximate surface area is 256 Å². The Morgan fingerprint density at radius 3 is 2.51 bits per heavy atom. The first-order valence-corrected chi connectivity index (χ1v) is 14.7. The molecule has 0 bridgehead atoms. The molecule has 0 spiro atoms. The van der Waals surface area contributed by atoms with Gasteiger partial charge in [0.15, 0.2) is 0 Å². The first-order valence-electron chi connectivity index (χ1n) is 14.7. The highest BCUT2D eigenvalue weighted by atomic mass is 19.1. The maximum atomic E-state index is 14.7. The molecule has 0 saturated carbocycles. The molecule has 0 fully saturated rings. The smallest absolute Gasteiger partial charge is 0.338 e. The first-order chi connectivity index (χ1) is 21.8. The minimum absolute atomic E-state index is 0.126. The standard InChI is InChI=1S/C34H29FN8O2/c1-20-14-25(15-21(2)31(20)35)43-32(42-13-12-41(34(42)45)24-8-9-30-23(16-24)18-36-39(30)3)26-19-40(11-10-28(26)38-43)33(44)29-17-22-6-4-5-7-27(22)37-29/h4-9,12-18,37H,10-11,19H2,1-3H3. The van der Waals surface area contributed by atoms with Crippen molar-refractivity contribution in [2.45, 2.75) is 26.8 Å². The maximum absolute atomic E-state index is 14.7. The molecule has 4 aromatic heterocycles. The highest BCUT2D eigenvalue weighted by Crippen LogP contribution is 2.30. The van der Waals surface area contributed by atoms with E-state index in [9.17, 15) is 14.0 Å². The first kappa shape index (κ1) is 26.9. The summed E-state index contributed by atoms with van der Waals surface area (Å²) in [5, 5.41) is 11.1. The molecule has 7 aromatic rings. The fourth-order valence-corrected chi connectivity index (χ4v) is 6.40. The number of hydrogen-bond acceptors (Lipinski definition) is 4. The number of aromatic nitrogens is 7. The molecule has 45 heavy (non-hydrogen) atoms. The van der Waals surface area contributed by atoms with Crippen molar-refractivity contribution in [1.82, 2.24) is 38.6 Å². The number of carbonyl (C=O) groups excluding carboxylic acids is 1. The Morgan fingerprint density at radius 1 is 0.933 bits per heavy atom. The molecule has 1 aliphatic heterocycles. The molecule has 0 atom stereocenters. The number of carbonyl (C=O) groups is 1. The number of para-hydroxylation sites is 1. The predicted molar refractivity (Wildman–Crippen MR) is 169 cm³/mol. The van der Waals surface area contributed by atoms with E-state index in [-0.39, 0.29) is 24.0 Å². The number of rotatable bonds is 4. The van der Waals surface area contributed by atoms with Crippen LogP contribution in [0.25, 0.3) is 39.0 Å². The summed E-state index contributed by atoms with van der Waals surface area (Å²) in [6.07, 6.45) is 5.71. The third-order valence-electron chi connectivity index (χ3n) is 8.73. The number of fused-ring (bicyclic) bond motifs is 3. The van der Waals surface area contributed by atoms with Gasteiger partial charge < -0.3 is 9.88 Å². The highest BCUT2D eigenvalue weighted by Gasteiger charge is 2.31. The molecule has 0 unspecified atom stereocenters. The van der Waals surface area contributed by atoms with E-state index in [0.29, 0.717) is 47.0 Å². The monoisotopic (exact) mass is 600 g/mol. The lowest BCUT2D eigenvalue weighted by atomic mass is 10.1. The van der Waals surface area contributed by atoms with Crippen molar-refractivity contribution in [1.29, 1.82) is 0 Å². The summed E-state index contributed by atoms with van der Waals surface area (Å²) in [4.78, 5) is 32.9. The van der Waals surface area contributed by atoms with Gasteiger partial charge in [-0.05, 0) is 67.4 Å². The van der Waals surface area contributed by atoms with Gasteiger partial charge in [-0.1, -0.05) is 18.2 Å². The van der Waals surface area contributed by atoms with Gasteiger partial charge in [-0.2, -0.15) is 10.2 Å². The van der Waals surface area contributed by atoms with Crippen molar-refractivity contribution in [3.63, 3.8) is 0 Å². The lowest BCUT2D eigenvalue weighted by Gasteiger charge is -2.26. The number of halogens is 1. The summed E-state index contributed by atoms with van der Waals surface area (Å²) in [5.41, 5.74) is 5.93. The Bertz CT molecular complexity index is 2310. The Hall–Kier alpha value is -5.71. The fraction of sp³-hybridized carbons (Fsp3) is 0.176. The molecule has 8 rings (SSSR count). The zero-order chi connectivity index (χ0) is 31.0. The molecule has 0 radical (unpaired) electrons. The summed E-state index contributed by atoms with van der Waals surface area (Å²) in [7, 11) is 1.88. The number of H-pyrrole nitrogens is 1. The van der Waals surface area contributed by atoms with Crippen LogP contribution < -0.4 is 5.69 Å². The van der Waals surface area contributed by atoms with Crippen LogP contribution in [0.3, 0.4) is 0 Å². The second-order valence-electron chi connectivity index (χ2n) is 11.6. The molecular formula is C34H29FN8O2. The number of nitrogens with zero attached hydrogens (tertiary/aromatic N) is 7. The second kappa shape index (κ2) is 9.91. The molecule has 1 aliphatic rings.